The minimum absolute atomic E-state index is 0.254. The van der Waals surface area contributed by atoms with Crippen molar-refractivity contribution in [1.29, 1.82) is 0 Å². The topological polar surface area (TPSA) is 42.4 Å². The summed E-state index contributed by atoms with van der Waals surface area (Å²) >= 11 is 0. The number of pyridine rings is 1. The highest BCUT2D eigenvalue weighted by atomic mass is 19.1. The van der Waals surface area contributed by atoms with E-state index in [2.05, 4.69) is 4.98 Å². The lowest BCUT2D eigenvalue weighted by Crippen LogP contribution is -2.24. The van der Waals surface area contributed by atoms with Crippen molar-refractivity contribution in [3.8, 4) is 0 Å². The smallest absolute Gasteiger partial charge is 0.147 e. The predicted octanol–water partition coefficient (Wildman–Crippen LogP) is 1.46. The molecule has 14 heavy (non-hydrogen) atoms. The SMILES string of the molecule is COCCC(C)(O)c1ccncc1F. The van der Waals surface area contributed by atoms with Crippen LogP contribution in [-0.4, -0.2) is 23.8 Å². The number of aromatic nitrogens is 1. The third-order valence-electron chi connectivity index (χ3n) is 2.15. The number of hydrogen-bond donors (Lipinski definition) is 1. The third-order valence-corrected chi connectivity index (χ3v) is 2.15. The molecule has 4 heteroatoms. The molecule has 1 N–H and O–H groups in total. The predicted molar refractivity (Wildman–Crippen MR) is 50.3 cm³/mol. The van der Waals surface area contributed by atoms with E-state index in [4.69, 9.17) is 4.74 Å². The molecular formula is C10H14FNO2. The Kier molecular flexibility index (Phi) is 3.55. The largest absolute Gasteiger partial charge is 0.385 e. The Labute approximate surface area is 82.5 Å². The molecule has 1 atom stereocenters. The summed E-state index contributed by atoms with van der Waals surface area (Å²) in [4.78, 5) is 3.62. The molecule has 0 fully saturated rings. The zero-order valence-corrected chi connectivity index (χ0v) is 8.33. The van der Waals surface area contributed by atoms with Gasteiger partial charge in [-0.1, -0.05) is 0 Å². The fourth-order valence-electron chi connectivity index (χ4n) is 1.25. The van der Waals surface area contributed by atoms with Crippen molar-refractivity contribution in [2.75, 3.05) is 13.7 Å². The van der Waals surface area contributed by atoms with Gasteiger partial charge in [-0.25, -0.2) is 4.39 Å². The number of hydrogen-bond acceptors (Lipinski definition) is 3. The Morgan fingerprint density at radius 2 is 2.36 bits per heavy atom. The molecule has 1 unspecified atom stereocenters. The van der Waals surface area contributed by atoms with E-state index in [0.717, 1.165) is 6.20 Å². The number of halogens is 1. The summed E-state index contributed by atoms with van der Waals surface area (Å²) in [6, 6.07) is 1.48. The zero-order chi connectivity index (χ0) is 10.6. The van der Waals surface area contributed by atoms with Crippen molar-refractivity contribution in [3.63, 3.8) is 0 Å². The molecule has 3 nitrogen and oxygen atoms in total. The molecule has 0 aliphatic heterocycles. The fourth-order valence-corrected chi connectivity index (χ4v) is 1.25. The molecule has 0 aliphatic carbocycles. The zero-order valence-electron chi connectivity index (χ0n) is 8.33. The molecule has 0 saturated carbocycles. The van der Waals surface area contributed by atoms with Gasteiger partial charge < -0.3 is 9.84 Å². The van der Waals surface area contributed by atoms with Gasteiger partial charge in [-0.3, -0.25) is 4.98 Å². The summed E-state index contributed by atoms with van der Waals surface area (Å²) in [5.41, 5.74) is -0.951. The molecule has 1 heterocycles. The van der Waals surface area contributed by atoms with E-state index in [1.807, 2.05) is 0 Å². The second kappa shape index (κ2) is 4.48. The molecule has 78 valence electrons. The van der Waals surface area contributed by atoms with Gasteiger partial charge in [0, 0.05) is 31.9 Å². The highest BCUT2D eigenvalue weighted by molar-refractivity contribution is 5.20. The van der Waals surface area contributed by atoms with Gasteiger partial charge in [0.15, 0.2) is 0 Å². The van der Waals surface area contributed by atoms with Crippen LogP contribution in [0.4, 0.5) is 4.39 Å². The Balaban J connectivity index is 2.86. The van der Waals surface area contributed by atoms with Crippen LogP contribution >= 0.6 is 0 Å². The minimum Gasteiger partial charge on any atom is -0.385 e. The molecule has 1 aromatic heterocycles. The van der Waals surface area contributed by atoms with Crippen LogP contribution in [0.3, 0.4) is 0 Å². The van der Waals surface area contributed by atoms with Gasteiger partial charge in [0.05, 0.1) is 11.8 Å². The Morgan fingerprint density at radius 1 is 1.64 bits per heavy atom. The Morgan fingerprint density at radius 3 is 2.93 bits per heavy atom. The monoisotopic (exact) mass is 199 g/mol. The van der Waals surface area contributed by atoms with Gasteiger partial charge in [-0.2, -0.15) is 0 Å². The second-order valence-corrected chi connectivity index (χ2v) is 3.37. The van der Waals surface area contributed by atoms with Crippen LogP contribution in [0.2, 0.25) is 0 Å². The van der Waals surface area contributed by atoms with Gasteiger partial charge >= 0.3 is 0 Å². The molecular weight excluding hydrogens is 185 g/mol. The van der Waals surface area contributed by atoms with E-state index < -0.39 is 11.4 Å². The lowest BCUT2D eigenvalue weighted by molar-refractivity contribution is 0.0180. The first-order valence-corrected chi connectivity index (χ1v) is 4.39. The fraction of sp³-hybridized carbons (Fsp3) is 0.500. The second-order valence-electron chi connectivity index (χ2n) is 3.37. The molecule has 1 rings (SSSR count). The van der Waals surface area contributed by atoms with Crippen molar-refractivity contribution in [1.82, 2.24) is 4.98 Å². The summed E-state index contributed by atoms with van der Waals surface area (Å²) in [6.07, 6.45) is 2.90. The van der Waals surface area contributed by atoms with Gasteiger partial charge in [0.2, 0.25) is 0 Å². The van der Waals surface area contributed by atoms with Gasteiger partial charge in [-0.05, 0) is 13.0 Å². The average Bonchev–Trinajstić information content (AvgIpc) is 2.15. The van der Waals surface area contributed by atoms with Crippen molar-refractivity contribution >= 4 is 0 Å². The van der Waals surface area contributed by atoms with Gasteiger partial charge in [0.1, 0.15) is 5.82 Å². The normalized spacial score (nSPS) is 15.1. The van der Waals surface area contributed by atoms with Gasteiger partial charge in [0.25, 0.3) is 0 Å². The molecule has 0 radical (unpaired) electrons. The van der Waals surface area contributed by atoms with Crippen LogP contribution in [0.25, 0.3) is 0 Å². The quantitative estimate of drug-likeness (QED) is 0.798. The molecule has 0 saturated heterocycles. The first-order chi connectivity index (χ1) is 6.58. The number of nitrogens with zero attached hydrogens (tertiary/aromatic N) is 1. The van der Waals surface area contributed by atoms with Crippen LogP contribution in [0, 0.1) is 5.82 Å². The van der Waals surface area contributed by atoms with Gasteiger partial charge in [-0.15, -0.1) is 0 Å². The van der Waals surface area contributed by atoms with Crippen LogP contribution in [0.1, 0.15) is 18.9 Å². The van der Waals surface area contributed by atoms with Crippen LogP contribution in [0.5, 0.6) is 0 Å². The number of rotatable bonds is 4. The molecule has 0 amide bonds. The van der Waals surface area contributed by atoms with Crippen LogP contribution < -0.4 is 0 Å². The third kappa shape index (κ3) is 2.49. The van der Waals surface area contributed by atoms with Crippen LogP contribution in [0.15, 0.2) is 18.5 Å². The average molecular weight is 199 g/mol. The van der Waals surface area contributed by atoms with E-state index >= 15 is 0 Å². The first-order valence-electron chi connectivity index (χ1n) is 4.39. The molecule has 0 aliphatic rings. The standard InChI is InChI=1S/C10H14FNO2/c1-10(13,4-6-14-2)8-3-5-12-7-9(8)11/h3,5,7,13H,4,6H2,1-2H3. The summed E-state index contributed by atoms with van der Waals surface area (Å²) in [6.45, 7) is 1.94. The highest BCUT2D eigenvalue weighted by Crippen LogP contribution is 2.25. The van der Waals surface area contributed by atoms with E-state index in [1.165, 1.54) is 12.3 Å². The molecule has 0 aromatic carbocycles. The lowest BCUT2D eigenvalue weighted by Gasteiger charge is -2.23. The first kappa shape index (κ1) is 11.1. The van der Waals surface area contributed by atoms with E-state index in [-0.39, 0.29) is 5.56 Å². The summed E-state index contributed by atoms with van der Waals surface area (Å²) in [5, 5.41) is 9.95. The Bertz CT molecular complexity index is 302. The Hall–Kier alpha value is -1.00. The molecule has 1 aromatic rings. The van der Waals surface area contributed by atoms with E-state index in [0.29, 0.717) is 13.0 Å². The number of ether oxygens (including phenoxy) is 1. The minimum atomic E-state index is -1.21. The van der Waals surface area contributed by atoms with Crippen molar-refractivity contribution < 1.29 is 14.2 Å². The molecule has 0 bridgehead atoms. The summed E-state index contributed by atoms with van der Waals surface area (Å²) in [7, 11) is 1.54. The summed E-state index contributed by atoms with van der Waals surface area (Å²) in [5.74, 6) is -0.492. The lowest BCUT2D eigenvalue weighted by atomic mass is 9.93. The maximum Gasteiger partial charge on any atom is 0.147 e. The van der Waals surface area contributed by atoms with Crippen molar-refractivity contribution in [3.05, 3.63) is 29.8 Å². The van der Waals surface area contributed by atoms with E-state index in [9.17, 15) is 9.50 Å². The van der Waals surface area contributed by atoms with E-state index in [1.54, 1.807) is 14.0 Å². The van der Waals surface area contributed by atoms with Crippen molar-refractivity contribution in [2.24, 2.45) is 0 Å². The molecule has 0 spiro atoms. The van der Waals surface area contributed by atoms with Crippen molar-refractivity contribution in [2.45, 2.75) is 18.9 Å². The highest BCUT2D eigenvalue weighted by Gasteiger charge is 2.25. The maximum absolute atomic E-state index is 13.2. The maximum atomic E-state index is 13.2. The van der Waals surface area contributed by atoms with Crippen LogP contribution in [-0.2, 0) is 10.3 Å². The number of methoxy groups -OCH3 is 1. The number of aliphatic hydroxyl groups is 1. The summed E-state index contributed by atoms with van der Waals surface area (Å²) < 4.78 is 18.1.